The van der Waals surface area contributed by atoms with Crippen molar-refractivity contribution < 1.29 is 9.90 Å². The van der Waals surface area contributed by atoms with E-state index in [-0.39, 0.29) is 17.8 Å². The minimum absolute atomic E-state index is 0.117. The molecule has 0 spiro atoms. The summed E-state index contributed by atoms with van der Waals surface area (Å²) in [6, 6.07) is 0. The van der Waals surface area contributed by atoms with Crippen LogP contribution in [0.2, 0.25) is 0 Å². The van der Waals surface area contributed by atoms with E-state index < -0.39 is 5.97 Å². The Bertz CT molecular complexity index is 218. The summed E-state index contributed by atoms with van der Waals surface area (Å²) in [5, 5.41) is 10.9. The number of allylic oxidation sites excluding steroid dienone is 2. The van der Waals surface area contributed by atoms with Gasteiger partial charge in [-0.15, -0.1) is 0 Å². The zero-order chi connectivity index (χ0) is 10.0. The number of carboxylic acid groups (broad SMARTS) is 1. The standard InChI is InChI=1S/C11H18O2/c1-7(2)9-6-4-5-8(3)10(9)11(12)13/h4-5,7-10H,6H2,1-3H3,(H,12,13)/p-1. The molecule has 1 aliphatic rings. The van der Waals surface area contributed by atoms with Crippen LogP contribution in [-0.4, -0.2) is 5.97 Å². The van der Waals surface area contributed by atoms with Gasteiger partial charge in [0.15, 0.2) is 0 Å². The molecule has 0 N–H and O–H groups in total. The Labute approximate surface area is 79.6 Å². The normalized spacial score (nSPS) is 33.7. The third-order valence-electron chi connectivity index (χ3n) is 3.00. The molecule has 1 aliphatic carbocycles. The number of rotatable bonds is 2. The van der Waals surface area contributed by atoms with Gasteiger partial charge in [-0.2, -0.15) is 0 Å². The first-order valence-electron chi connectivity index (χ1n) is 4.91. The average molecular weight is 181 g/mol. The first kappa shape index (κ1) is 10.3. The van der Waals surface area contributed by atoms with Crippen molar-refractivity contribution in [2.75, 3.05) is 0 Å². The summed E-state index contributed by atoms with van der Waals surface area (Å²) in [7, 11) is 0. The third kappa shape index (κ3) is 2.11. The molecule has 74 valence electrons. The number of carbonyl (C=O) groups is 1. The summed E-state index contributed by atoms with van der Waals surface area (Å²) in [4.78, 5) is 10.9. The molecule has 0 amide bonds. The number of aliphatic carboxylic acids is 1. The van der Waals surface area contributed by atoms with E-state index >= 15 is 0 Å². The summed E-state index contributed by atoms with van der Waals surface area (Å²) in [6.45, 7) is 6.10. The number of hydrogen-bond acceptors (Lipinski definition) is 2. The fourth-order valence-electron chi connectivity index (χ4n) is 2.18. The quantitative estimate of drug-likeness (QED) is 0.601. The molecule has 3 atom stereocenters. The molecule has 2 heteroatoms. The number of hydrogen-bond donors (Lipinski definition) is 0. The largest absolute Gasteiger partial charge is 0.550 e. The highest BCUT2D eigenvalue weighted by Crippen LogP contribution is 2.34. The Morgan fingerprint density at radius 2 is 2.15 bits per heavy atom. The Morgan fingerprint density at radius 3 is 2.54 bits per heavy atom. The lowest BCUT2D eigenvalue weighted by atomic mass is 9.72. The van der Waals surface area contributed by atoms with Gasteiger partial charge in [0.05, 0.1) is 0 Å². The van der Waals surface area contributed by atoms with Crippen LogP contribution in [-0.2, 0) is 4.79 Å². The number of carbonyl (C=O) groups excluding carboxylic acids is 1. The van der Waals surface area contributed by atoms with Gasteiger partial charge in [0, 0.05) is 11.9 Å². The summed E-state index contributed by atoms with van der Waals surface area (Å²) in [5.74, 6) is -0.424. The van der Waals surface area contributed by atoms with Crippen LogP contribution in [0.25, 0.3) is 0 Å². The molecule has 0 aromatic rings. The van der Waals surface area contributed by atoms with Gasteiger partial charge in [0.1, 0.15) is 0 Å². The van der Waals surface area contributed by atoms with Crippen LogP contribution in [0.1, 0.15) is 27.2 Å². The molecule has 3 unspecified atom stereocenters. The van der Waals surface area contributed by atoms with Crippen LogP contribution >= 0.6 is 0 Å². The Kier molecular flexibility index (Phi) is 3.12. The maximum Gasteiger partial charge on any atom is 0.0454 e. The van der Waals surface area contributed by atoms with Crippen LogP contribution < -0.4 is 5.11 Å². The predicted octanol–water partition coefficient (Wildman–Crippen LogP) is 1.22. The van der Waals surface area contributed by atoms with Gasteiger partial charge < -0.3 is 9.90 Å². The predicted molar refractivity (Wildman–Crippen MR) is 49.7 cm³/mol. The molecule has 1 rings (SSSR count). The van der Waals surface area contributed by atoms with Crippen molar-refractivity contribution in [3.63, 3.8) is 0 Å². The summed E-state index contributed by atoms with van der Waals surface area (Å²) in [5.41, 5.74) is 0. The van der Waals surface area contributed by atoms with E-state index in [4.69, 9.17) is 0 Å². The smallest absolute Gasteiger partial charge is 0.0454 e. The van der Waals surface area contributed by atoms with Gasteiger partial charge in [-0.25, -0.2) is 0 Å². The molecule has 0 aromatic heterocycles. The van der Waals surface area contributed by atoms with Crippen LogP contribution in [0.3, 0.4) is 0 Å². The Balaban J connectivity index is 2.83. The van der Waals surface area contributed by atoms with Gasteiger partial charge in [0.2, 0.25) is 0 Å². The first-order valence-corrected chi connectivity index (χ1v) is 4.91. The fraction of sp³-hybridized carbons (Fsp3) is 0.727. The van der Waals surface area contributed by atoms with E-state index in [0.29, 0.717) is 5.92 Å². The van der Waals surface area contributed by atoms with Gasteiger partial charge in [-0.05, 0) is 24.2 Å². The number of carboxylic acids is 1. The second-order valence-corrected chi connectivity index (χ2v) is 4.28. The van der Waals surface area contributed by atoms with Crippen molar-refractivity contribution in [1.82, 2.24) is 0 Å². The van der Waals surface area contributed by atoms with Crippen molar-refractivity contribution in [2.45, 2.75) is 27.2 Å². The molecule has 0 saturated carbocycles. The first-order chi connectivity index (χ1) is 6.04. The minimum Gasteiger partial charge on any atom is -0.550 e. The topological polar surface area (TPSA) is 40.1 Å². The van der Waals surface area contributed by atoms with Crippen molar-refractivity contribution in [2.24, 2.45) is 23.7 Å². The van der Waals surface area contributed by atoms with Crippen LogP contribution in [0.5, 0.6) is 0 Å². The zero-order valence-electron chi connectivity index (χ0n) is 8.49. The molecule has 0 radical (unpaired) electrons. The average Bonchev–Trinajstić information content (AvgIpc) is 2.02. The van der Waals surface area contributed by atoms with Gasteiger partial charge >= 0.3 is 0 Å². The van der Waals surface area contributed by atoms with Gasteiger partial charge in [0.25, 0.3) is 0 Å². The van der Waals surface area contributed by atoms with E-state index in [0.717, 1.165) is 6.42 Å². The molecular weight excluding hydrogens is 164 g/mol. The van der Waals surface area contributed by atoms with Crippen molar-refractivity contribution in [3.05, 3.63) is 12.2 Å². The van der Waals surface area contributed by atoms with Crippen LogP contribution in [0.15, 0.2) is 12.2 Å². The molecule has 0 heterocycles. The van der Waals surface area contributed by atoms with Crippen LogP contribution in [0, 0.1) is 23.7 Å². The Morgan fingerprint density at radius 1 is 1.54 bits per heavy atom. The molecule has 13 heavy (non-hydrogen) atoms. The van der Waals surface area contributed by atoms with Crippen molar-refractivity contribution in [3.8, 4) is 0 Å². The maximum absolute atomic E-state index is 10.9. The highest BCUT2D eigenvalue weighted by molar-refractivity contribution is 5.69. The lowest BCUT2D eigenvalue weighted by Crippen LogP contribution is -2.42. The SMILES string of the molecule is CC(C)C1CC=CC(C)C1C(=O)[O-]. The molecule has 0 aromatic carbocycles. The van der Waals surface area contributed by atoms with E-state index in [1.807, 2.05) is 13.0 Å². The zero-order valence-corrected chi connectivity index (χ0v) is 8.49. The van der Waals surface area contributed by atoms with E-state index in [1.54, 1.807) is 0 Å². The third-order valence-corrected chi connectivity index (χ3v) is 3.00. The van der Waals surface area contributed by atoms with E-state index in [2.05, 4.69) is 19.9 Å². The summed E-state index contributed by atoms with van der Waals surface area (Å²) in [6.07, 6.45) is 4.95. The van der Waals surface area contributed by atoms with E-state index in [1.165, 1.54) is 0 Å². The van der Waals surface area contributed by atoms with Crippen molar-refractivity contribution in [1.29, 1.82) is 0 Å². The van der Waals surface area contributed by atoms with Gasteiger partial charge in [-0.3, -0.25) is 0 Å². The highest BCUT2D eigenvalue weighted by Gasteiger charge is 2.30. The Hall–Kier alpha value is -0.790. The lowest BCUT2D eigenvalue weighted by molar-refractivity contribution is -0.315. The highest BCUT2D eigenvalue weighted by atomic mass is 16.4. The van der Waals surface area contributed by atoms with Crippen LogP contribution in [0.4, 0.5) is 0 Å². The van der Waals surface area contributed by atoms with E-state index in [9.17, 15) is 9.90 Å². The molecule has 0 bridgehead atoms. The van der Waals surface area contributed by atoms with Gasteiger partial charge in [-0.1, -0.05) is 32.9 Å². The molecule has 2 nitrogen and oxygen atoms in total. The fourth-order valence-corrected chi connectivity index (χ4v) is 2.18. The van der Waals surface area contributed by atoms with Crippen molar-refractivity contribution >= 4 is 5.97 Å². The molecular formula is C11H17O2-. The molecule has 0 aliphatic heterocycles. The maximum atomic E-state index is 10.9. The summed E-state index contributed by atoms with van der Waals surface area (Å²) >= 11 is 0. The second kappa shape index (κ2) is 3.95. The monoisotopic (exact) mass is 181 g/mol. The minimum atomic E-state index is -0.893. The molecule has 0 saturated heterocycles. The second-order valence-electron chi connectivity index (χ2n) is 4.28. The molecule has 0 fully saturated rings. The lowest BCUT2D eigenvalue weighted by Gasteiger charge is -2.36. The summed E-state index contributed by atoms with van der Waals surface area (Å²) < 4.78 is 0.